The zero-order valence-electron chi connectivity index (χ0n) is 16.3. The molecule has 0 aliphatic rings. The first kappa shape index (κ1) is 19.3. The van der Waals surface area contributed by atoms with Gasteiger partial charge in [0.05, 0.1) is 5.39 Å². The van der Waals surface area contributed by atoms with E-state index in [0.717, 1.165) is 21.3 Å². The number of carboxylic acids is 1. The lowest BCUT2D eigenvalue weighted by Crippen LogP contribution is -2.31. The molecule has 0 aliphatic heterocycles. The topological polar surface area (TPSA) is 75.1 Å². The second-order valence-electron chi connectivity index (χ2n) is 7.41. The van der Waals surface area contributed by atoms with Crippen molar-refractivity contribution in [2.45, 2.75) is 47.1 Å². The molecule has 5 nitrogen and oxygen atoms in total. The van der Waals surface area contributed by atoms with Gasteiger partial charge in [0.15, 0.2) is 0 Å². The van der Waals surface area contributed by atoms with Gasteiger partial charge in [0.25, 0.3) is 0 Å². The molecule has 27 heavy (non-hydrogen) atoms. The predicted octanol–water partition coefficient (Wildman–Crippen LogP) is 5.19. The quantitative estimate of drug-likeness (QED) is 0.612. The Hall–Kier alpha value is -2.47. The largest absolute Gasteiger partial charge is 0.480 e. The molecule has 0 spiro atoms. The molecule has 0 saturated carbocycles. The van der Waals surface area contributed by atoms with Crippen molar-refractivity contribution in [1.82, 2.24) is 9.97 Å². The summed E-state index contributed by atoms with van der Waals surface area (Å²) >= 11 is 1.56. The number of nitrogens with zero attached hydrogens (tertiary/aromatic N) is 2. The maximum absolute atomic E-state index is 11.7. The second kappa shape index (κ2) is 7.64. The molecular formula is C21H25N3O2S. The summed E-state index contributed by atoms with van der Waals surface area (Å²) in [6, 6.07) is 5.67. The molecule has 1 atom stereocenters. The number of fused-ring (bicyclic) bond motifs is 1. The van der Waals surface area contributed by atoms with Gasteiger partial charge in [-0.25, -0.2) is 14.8 Å². The molecule has 0 radical (unpaired) electrons. The zero-order chi connectivity index (χ0) is 19.7. The lowest BCUT2D eigenvalue weighted by atomic mass is 10.00. The van der Waals surface area contributed by atoms with Crippen molar-refractivity contribution in [3.63, 3.8) is 0 Å². The third-order valence-electron chi connectivity index (χ3n) is 4.68. The number of aromatic nitrogens is 2. The summed E-state index contributed by atoms with van der Waals surface area (Å²) in [4.78, 5) is 21.7. The second-order valence-corrected chi connectivity index (χ2v) is 8.27. The van der Waals surface area contributed by atoms with Gasteiger partial charge in [-0.1, -0.05) is 32.0 Å². The molecule has 0 fully saturated rings. The minimum Gasteiger partial charge on any atom is -0.480 e. The third kappa shape index (κ3) is 4.11. The number of carboxylic acid groups (broad SMARTS) is 1. The van der Waals surface area contributed by atoms with Crippen molar-refractivity contribution in [3.05, 3.63) is 40.5 Å². The van der Waals surface area contributed by atoms with E-state index in [-0.39, 0.29) is 5.92 Å². The Morgan fingerprint density at radius 1 is 1.19 bits per heavy atom. The number of benzene rings is 1. The standard InChI is InChI=1S/C21H25N3O2S/c1-11(2)8-17(21(25)26)24-19-18-16(10-27-20(18)23-14(5)22-19)15-7-6-12(3)13(4)9-15/h6-7,9-11,17H,8H2,1-5H3,(H,25,26)(H,22,23,24). The van der Waals surface area contributed by atoms with Crippen molar-refractivity contribution in [2.75, 3.05) is 5.32 Å². The molecule has 3 rings (SSSR count). The number of thiophene rings is 1. The van der Waals surface area contributed by atoms with E-state index >= 15 is 0 Å². The molecule has 0 saturated heterocycles. The lowest BCUT2D eigenvalue weighted by molar-refractivity contribution is -0.138. The van der Waals surface area contributed by atoms with Crippen LogP contribution in [0.2, 0.25) is 0 Å². The Morgan fingerprint density at radius 3 is 2.56 bits per heavy atom. The predicted molar refractivity (Wildman–Crippen MR) is 112 cm³/mol. The molecular weight excluding hydrogens is 358 g/mol. The number of hydrogen-bond acceptors (Lipinski definition) is 5. The van der Waals surface area contributed by atoms with Gasteiger partial charge in [0.2, 0.25) is 0 Å². The van der Waals surface area contributed by atoms with Gasteiger partial charge in [-0.2, -0.15) is 0 Å². The fourth-order valence-corrected chi connectivity index (χ4v) is 4.12. The first-order valence-corrected chi connectivity index (χ1v) is 9.97. The van der Waals surface area contributed by atoms with Gasteiger partial charge in [0, 0.05) is 10.9 Å². The van der Waals surface area contributed by atoms with E-state index in [1.54, 1.807) is 11.3 Å². The smallest absolute Gasteiger partial charge is 0.326 e. The van der Waals surface area contributed by atoms with Gasteiger partial charge in [0.1, 0.15) is 22.5 Å². The van der Waals surface area contributed by atoms with Gasteiger partial charge in [-0.05, 0) is 49.8 Å². The molecule has 142 valence electrons. The summed E-state index contributed by atoms with van der Waals surface area (Å²) in [5.41, 5.74) is 4.59. The number of rotatable bonds is 6. The van der Waals surface area contributed by atoms with Crippen LogP contribution in [0.1, 0.15) is 37.2 Å². The number of aliphatic carboxylic acids is 1. The maximum atomic E-state index is 11.7. The Balaban J connectivity index is 2.13. The SMILES string of the molecule is Cc1nc(NC(CC(C)C)C(=O)O)c2c(-c3ccc(C)c(C)c3)csc2n1. The van der Waals surface area contributed by atoms with E-state index < -0.39 is 12.0 Å². The lowest BCUT2D eigenvalue weighted by Gasteiger charge is -2.18. The highest BCUT2D eigenvalue weighted by Gasteiger charge is 2.22. The maximum Gasteiger partial charge on any atom is 0.326 e. The van der Waals surface area contributed by atoms with Crippen LogP contribution in [0.4, 0.5) is 5.82 Å². The molecule has 2 N–H and O–H groups in total. The minimum absolute atomic E-state index is 0.263. The number of nitrogens with one attached hydrogen (secondary N) is 1. The van der Waals surface area contributed by atoms with Crippen LogP contribution in [0.25, 0.3) is 21.3 Å². The summed E-state index contributed by atoms with van der Waals surface area (Å²) in [6.07, 6.45) is 0.531. The Kier molecular flexibility index (Phi) is 5.46. The summed E-state index contributed by atoms with van der Waals surface area (Å²) in [5, 5.41) is 15.8. The Bertz CT molecular complexity index is 995. The molecule has 0 amide bonds. The van der Waals surface area contributed by atoms with Crippen molar-refractivity contribution in [1.29, 1.82) is 0 Å². The monoisotopic (exact) mass is 383 g/mol. The van der Waals surface area contributed by atoms with Crippen LogP contribution < -0.4 is 5.32 Å². The number of hydrogen-bond donors (Lipinski definition) is 2. The van der Waals surface area contributed by atoms with Gasteiger partial charge in [-0.15, -0.1) is 11.3 Å². The first-order chi connectivity index (χ1) is 12.8. The highest BCUT2D eigenvalue weighted by Crippen LogP contribution is 2.38. The van der Waals surface area contributed by atoms with E-state index in [2.05, 4.69) is 52.7 Å². The van der Waals surface area contributed by atoms with Crippen LogP contribution in [0.3, 0.4) is 0 Å². The summed E-state index contributed by atoms with van der Waals surface area (Å²) < 4.78 is 0. The summed E-state index contributed by atoms with van der Waals surface area (Å²) in [5.74, 6) is 0.627. The zero-order valence-corrected chi connectivity index (χ0v) is 17.1. The van der Waals surface area contributed by atoms with Crippen LogP contribution >= 0.6 is 11.3 Å². The average molecular weight is 384 g/mol. The molecule has 1 aromatic carbocycles. The Labute approximate surface area is 163 Å². The van der Waals surface area contributed by atoms with Crippen molar-refractivity contribution < 1.29 is 9.90 Å². The summed E-state index contributed by atoms with van der Waals surface area (Å²) in [6.45, 7) is 10.1. The van der Waals surface area contributed by atoms with E-state index in [0.29, 0.717) is 18.1 Å². The minimum atomic E-state index is -0.865. The molecule has 0 bridgehead atoms. The molecule has 6 heteroatoms. The number of carbonyl (C=O) groups is 1. The Morgan fingerprint density at radius 2 is 1.93 bits per heavy atom. The molecule has 3 aromatic rings. The van der Waals surface area contributed by atoms with Crippen molar-refractivity contribution in [3.8, 4) is 11.1 Å². The van der Waals surface area contributed by atoms with Crippen LogP contribution in [0.15, 0.2) is 23.6 Å². The first-order valence-electron chi connectivity index (χ1n) is 9.09. The molecule has 0 aliphatic carbocycles. The molecule has 2 aromatic heterocycles. The van der Waals surface area contributed by atoms with E-state index in [4.69, 9.17) is 0 Å². The highest BCUT2D eigenvalue weighted by molar-refractivity contribution is 7.17. The van der Waals surface area contributed by atoms with E-state index in [9.17, 15) is 9.90 Å². The third-order valence-corrected chi connectivity index (χ3v) is 5.55. The van der Waals surface area contributed by atoms with Crippen LogP contribution in [-0.4, -0.2) is 27.1 Å². The normalized spacial score (nSPS) is 12.5. The van der Waals surface area contributed by atoms with Crippen molar-refractivity contribution >= 4 is 33.3 Å². The van der Waals surface area contributed by atoms with Crippen LogP contribution in [-0.2, 0) is 4.79 Å². The molecule has 2 heterocycles. The van der Waals surface area contributed by atoms with Crippen molar-refractivity contribution in [2.24, 2.45) is 5.92 Å². The van der Waals surface area contributed by atoms with Crippen LogP contribution in [0, 0.1) is 26.7 Å². The van der Waals surface area contributed by atoms with Gasteiger partial charge >= 0.3 is 5.97 Å². The number of anilines is 1. The van der Waals surface area contributed by atoms with E-state index in [1.807, 2.05) is 20.8 Å². The average Bonchev–Trinajstić information content (AvgIpc) is 3.00. The van der Waals surface area contributed by atoms with Gasteiger partial charge in [-0.3, -0.25) is 0 Å². The molecule has 1 unspecified atom stereocenters. The van der Waals surface area contributed by atoms with Gasteiger partial charge < -0.3 is 10.4 Å². The fourth-order valence-electron chi connectivity index (χ4n) is 3.13. The van der Waals surface area contributed by atoms with E-state index in [1.165, 1.54) is 11.1 Å². The number of aryl methyl sites for hydroxylation is 3. The summed E-state index contributed by atoms with van der Waals surface area (Å²) in [7, 11) is 0. The van der Waals surface area contributed by atoms with Crippen LogP contribution in [0.5, 0.6) is 0 Å². The highest BCUT2D eigenvalue weighted by atomic mass is 32.1. The fraction of sp³-hybridized carbons (Fsp3) is 0.381.